The number of benzene rings is 1. The summed E-state index contributed by atoms with van der Waals surface area (Å²) in [6.07, 6.45) is 0.103. The van der Waals surface area contributed by atoms with Crippen LogP contribution in [-0.4, -0.2) is 29.7 Å². The molecule has 0 bridgehead atoms. The lowest BCUT2D eigenvalue weighted by Gasteiger charge is -2.43. The van der Waals surface area contributed by atoms with E-state index in [0.717, 1.165) is 11.3 Å². The van der Waals surface area contributed by atoms with Crippen LogP contribution < -0.4 is 10.6 Å². The Kier molecular flexibility index (Phi) is 3.26. The van der Waals surface area contributed by atoms with E-state index in [-0.39, 0.29) is 12.0 Å². The zero-order valence-electron chi connectivity index (χ0n) is 9.59. The van der Waals surface area contributed by atoms with Crippen LogP contribution in [0.3, 0.4) is 0 Å². The highest BCUT2D eigenvalue weighted by Crippen LogP contribution is 2.27. The summed E-state index contributed by atoms with van der Waals surface area (Å²) in [6.45, 7) is 3.29. The van der Waals surface area contributed by atoms with Gasteiger partial charge in [0, 0.05) is 23.8 Å². The number of anilines is 1. The smallest absolute Gasteiger partial charge is 0.305 e. The molecule has 1 aliphatic heterocycles. The lowest BCUT2D eigenvalue weighted by atomic mass is 9.88. The van der Waals surface area contributed by atoms with E-state index >= 15 is 0 Å². The minimum absolute atomic E-state index is 0.103. The Hall–Kier alpha value is -1.26. The predicted molar refractivity (Wildman–Crippen MR) is 67.7 cm³/mol. The maximum atomic E-state index is 10.9. The van der Waals surface area contributed by atoms with E-state index in [0.29, 0.717) is 18.1 Å². The standard InChI is InChI=1S/C12H15ClN2O2/c1-8-2-3-9(13)4-10(8)15-12(5-11(16)17)6-14-7-12/h2-4,14-15H,5-7H2,1H3,(H,16,17). The molecule has 5 heteroatoms. The Balaban J connectivity index is 2.18. The summed E-state index contributed by atoms with van der Waals surface area (Å²) < 4.78 is 0. The van der Waals surface area contributed by atoms with Gasteiger partial charge in [0.05, 0.1) is 12.0 Å². The molecular formula is C12H15ClN2O2. The number of rotatable bonds is 4. The number of hydrogen-bond donors (Lipinski definition) is 3. The summed E-state index contributed by atoms with van der Waals surface area (Å²) in [5, 5.41) is 16.0. The first-order valence-electron chi connectivity index (χ1n) is 5.48. The molecule has 17 heavy (non-hydrogen) atoms. The van der Waals surface area contributed by atoms with Gasteiger partial charge in [-0.15, -0.1) is 0 Å². The Labute approximate surface area is 105 Å². The average Bonchev–Trinajstić information content (AvgIpc) is 2.19. The molecule has 1 fully saturated rings. The second-order valence-corrected chi connectivity index (χ2v) is 4.98. The van der Waals surface area contributed by atoms with Gasteiger partial charge in [0.2, 0.25) is 0 Å². The maximum absolute atomic E-state index is 10.9. The number of halogens is 1. The molecule has 92 valence electrons. The molecule has 0 amide bonds. The van der Waals surface area contributed by atoms with Crippen LogP contribution in [0.2, 0.25) is 5.02 Å². The second kappa shape index (κ2) is 4.55. The lowest BCUT2D eigenvalue weighted by molar-refractivity contribution is -0.138. The van der Waals surface area contributed by atoms with Crippen LogP contribution in [0.25, 0.3) is 0 Å². The molecule has 0 unspecified atom stereocenters. The number of aryl methyl sites for hydroxylation is 1. The molecule has 2 rings (SSSR count). The van der Waals surface area contributed by atoms with Crippen LogP contribution in [-0.2, 0) is 4.79 Å². The largest absolute Gasteiger partial charge is 0.481 e. The normalized spacial score (nSPS) is 17.3. The Morgan fingerprint density at radius 3 is 2.82 bits per heavy atom. The average molecular weight is 255 g/mol. The van der Waals surface area contributed by atoms with Crippen molar-refractivity contribution in [1.29, 1.82) is 0 Å². The van der Waals surface area contributed by atoms with Crippen molar-refractivity contribution in [3.63, 3.8) is 0 Å². The molecule has 0 atom stereocenters. The van der Waals surface area contributed by atoms with E-state index in [9.17, 15) is 4.79 Å². The molecule has 1 aromatic rings. The predicted octanol–water partition coefficient (Wildman–Crippen LogP) is 1.88. The molecule has 0 saturated carbocycles. The first-order valence-corrected chi connectivity index (χ1v) is 5.85. The minimum Gasteiger partial charge on any atom is -0.481 e. The summed E-state index contributed by atoms with van der Waals surface area (Å²) in [4.78, 5) is 10.9. The fraction of sp³-hybridized carbons (Fsp3) is 0.417. The Bertz CT molecular complexity index is 444. The van der Waals surface area contributed by atoms with Crippen LogP contribution >= 0.6 is 11.6 Å². The van der Waals surface area contributed by atoms with E-state index in [2.05, 4.69) is 10.6 Å². The monoisotopic (exact) mass is 254 g/mol. The van der Waals surface area contributed by atoms with Crippen LogP contribution in [0.5, 0.6) is 0 Å². The highest BCUT2D eigenvalue weighted by Gasteiger charge is 2.39. The fourth-order valence-electron chi connectivity index (χ4n) is 1.99. The third kappa shape index (κ3) is 2.70. The van der Waals surface area contributed by atoms with Crippen molar-refractivity contribution < 1.29 is 9.90 Å². The molecule has 1 aromatic carbocycles. The van der Waals surface area contributed by atoms with Crippen LogP contribution in [0.15, 0.2) is 18.2 Å². The van der Waals surface area contributed by atoms with Crippen molar-refractivity contribution in [2.75, 3.05) is 18.4 Å². The minimum atomic E-state index is -0.793. The van der Waals surface area contributed by atoms with E-state index in [1.54, 1.807) is 0 Å². The van der Waals surface area contributed by atoms with Crippen LogP contribution in [0, 0.1) is 6.92 Å². The van der Waals surface area contributed by atoms with Crippen molar-refractivity contribution in [3.8, 4) is 0 Å². The van der Waals surface area contributed by atoms with Gasteiger partial charge in [-0.2, -0.15) is 0 Å². The first-order chi connectivity index (χ1) is 8.01. The number of carboxylic acid groups (broad SMARTS) is 1. The van der Waals surface area contributed by atoms with Crippen molar-refractivity contribution in [1.82, 2.24) is 5.32 Å². The van der Waals surface area contributed by atoms with Gasteiger partial charge in [-0.05, 0) is 24.6 Å². The molecular weight excluding hydrogens is 240 g/mol. The zero-order chi connectivity index (χ0) is 12.5. The lowest BCUT2D eigenvalue weighted by Crippen LogP contribution is -2.65. The quantitative estimate of drug-likeness (QED) is 0.768. The molecule has 0 radical (unpaired) electrons. The van der Waals surface area contributed by atoms with Gasteiger partial charge in [-0.3, -0.25) is 4.79 Å². The van der Waals surface area contributed by atoms with Crippen LogP contribution in [0.1, 0.15) is 12.0 Å². The van der Waals surface area contributed by atoms with E-state index in [1.807, 2.05) is 25.1 Å². The highest BCUT2D eigenvalue weighted by molar-refractivity contribution is 6.30. The van der Waals surface area contributed by atoms with Gasteiger partial charge >= 0.3 is 5.97 Å². The molecule has 0 aromatic heterocycles. The van der Waals surface area contributed by atoms with E-state index in [1.165, 1.54) is 0 Å². The topological polar surface area (TPSA) is 61.4 Å². The van der Waals surface area contributed by atoms with E-state index in [4.69, 9.17) is 16.7 Å². The summed E-state index contributed by atoms with van der Waals surface area (Å²) in [6, 6.07) is 5.58. The first kappa shape index (κ1) is 12.2. The van der Waals surface area contributed by atoms with Crippen molar-refractivity contribution in [2.24, 2.45) is 0 Å². The summed E-state index contributed by atoms with van der Waals surface area (Å²) in [5.74, 6) is -0.793. The molecule has 1 aliphatic rings. The summed E-state index contributed by atoms with van der Waals surface area (Å²) in [5.41, 5.74) is 1.58. The van der Waals surface area contributed by atoms with Gasteiger partial charge in [0.1, 0.15) is 0 Å². The van der Waals surface area contributed by atoms with Gasteiger partial charge in [-0.25, -0.2) is 0 Å². The molecule has 0 spiro atoms. The number of carboxylic acids is 1. The highest BCUT2D eigenvalue weighted by atomic mass is 35.5. The summed E-state index contributed by atoms with van der Waals surface area (Å²) in [7, 11) is 0. The molecule has 1 heterocycles. The molecule has 1 saturated heterocycles. The maximum Gasteiger partial charge on any atom is 0.305 e. The Morgan fingerprint density at radius 2 is 2.29 bits per heavy atom. The van der Waals surface area contributed by atoms with Gasteiger partial charge in [-0.1, -0.05) is 17.7 Å². The number of hydrogen-bond acceptors (Lipinski definition) is 3. The van der Waals surface area contributed by atoms with Gasteiger partial charge < -0.3 is 15.7 Å². The molecule has 3 N–H and O–H groups in total. The van der Waals surface area contributed by atoms with Crippen molar-refractivity contribution in [2.45, 2.75) is 18.9 Å². The number of aliphatic carboxylic acids is 1. The van der Waals surface area contributed by atoms with Gasteiger partial charge in [0.15, 0.2) is 0 Å². The zero-order valence-corrected chi connectivity index (χ0v) is 10.3. The Morgan fingerprint density at radius 1 is 1.59 bits per heavy atom. The third-order valence-corrected chi connectivity index (χ3v) is 3.25. The fourth-order valence-corrected chi connectivity index (χ4v) is 2.16. The van der Waals surface area contributed by atoms with E-state index < -0.39 is 5.97 Å². The number of carbonyl (C=O) groups is 1. The van der Waals surface area contributed by atoms with Crippen molar-refractivity contribution >= 4 is 23.3 Å². The molecule has 0 aliphatic carbocycles. The summed E-state index contributed by atoms with van der Waals surface area (Å²) >= 11 is 5.94. The number of nitrogens with one attached hydrogen (secondary N) is 2. The molecule has 4 nitrogen and oxygen atoms in total. The van der Waals surface area contributed by atoms with Crippen LogP contribution in [0.4, 0.5) is 5.69 Å². The van der Waals surface area contributed by atoms with Crippen molar-refractivity contribution in [3.05, 3.63) is 28.8 Å². The van der Waals surface area contributed by atoms with Gasteiger partial charge in [0.25, 0.3) is 0 Å². The third-order valence-electron chi connectivity index (χ3n) is 3.02. The second-order valence-electron chi connectivity index (χ2n) is 4.54. The SMILES string of the molecule is Cc1ccc(Cl)cc1NC1(CC(=O)O)CNC1.